The maximum Gasteiger partial charge on any atom is 0.339 e. The highest BCUT2D eigenvalue weighted by atomic mass is 16.5. The Hall–Kier alpha value is -1.71. The van der Waals surface area contributed by atoms with Gasteiger partial charge in [-0.25, -0.2) is 4.79 Å². The van der Waals surface area contributed by atoms with Crippen molar-refractivity contribution in [1.29, 1.82) is 0 Å². The van der Waals surface area contributed by atoms with Crippen molar-refractivity contribution in [2.45, 2.75) is 0 Å². The monoisotopic (exact) mass is 167 g/mol. The molecule has 4 heteroatoms. The number of benzene rings is 1. The van der Waals surface area contributed by atoms with E-state index in [1.165, 1.54) is 13.2 Å². The van der Waals surface area contributed by atoms with Gasteiger partial charge in [-0.3, -0.25) is 0 Å². The van der Waals surface area contributed by atoms with E-state index in [-0.39, 0.29) is 11.3 Å². The summed E-state index contributed by atoms with van der Waals surface area (Å²) < 4.78 is 4.83. The van der Waals surface area contributed by atoms with E-state index in [1.54, 1.807) is 12.1 Å². The third-order valence-electron chi connectivity index (χ3n) is 1.48. The molecule has 0 aliphatic carbocycles. The van der Waals surface area contributed by atoms with E-state index in [0.717, 1.165) is 0 Å². The van der Waals surface area contributed by atoms with E-state index in [9.17, 15) is 4.79 Å². The zero-order valence-electron chi connectivity index (χ0n) is 6.57. The lowest BCUT2D eigenvalue weighted by atomic mass is 10.2. The number of nitrogen functional groups attached to an aromatic ring is 1. The Morgan fingerprint density at radius 2 is 2.25 bits per heavy atom. The van der Waals surface area contributed by atoms with Crippen molar-refractivity contribution >= 4 is 11.7 Å². The van der Waals surface area contributed by atoms with Crippen LogP contribution in [0.5, 0.6) is 5.75 Å². The minimum atomic E-state index is -1.04. The number of rotatable bonds is 2. The minimum Gasteiger partial charge on any atom is -0.494 e. The van der Waals surface area contributed by atoms with Gasteiger partial charge >= 0.3 is 5.97 Å². The van der Waals surface area contributed by atoms with Crippen LogP contribution in [0.3, 0.4) is 0 Å². The average Bonchev–Trinajstić information content (AvgIpc) is 2.03. The van der Waals surface area contributed by atoms with Crippen LogP contribution in [0.15, 0.2) is 18.2 Å². The molecule has 3 N–H and O–H groups in total. The zero-order valence-corrected chi connectivity index (χ0v) is 6.57. The smallest absolute Gasteiger partial charge is 0.339 e. The summed E-state index contributed by atoms with van der Waals surface area (Å²) in [5.41, 5.74) is 5.89. The van der Waals surface area contributed by atoms with Crippen molar-refractivity contribution in [1.82, 2.24) is 0 Å². The highest BCUT2D eigenvalue weighted by molar-refractivity contribution is 5.93. The van der Waals surface area contributed by atoms with E-state index in [0.29, 0.717) is 5.69 Å². The number of carbonyl (C=O) groups is 1. The fourth-order valence-corrected chi connectivity index (χ4v) is 0.951. The highest BCUT2D eigenvalue weighted by Crippen LogP contribution is 2.25. The van der Waals surface area contributed by atoms with Crippen LogP contribution >= 0.6 is 0 Å². The van der Waals surface area contributed by atoms with Gasteiger partial charge in [-0.2, -0.15) is 0 Å². The number of para-hydroxylation sites is 1. The van der Waals surface area contributed by atoms with Crippen LogP contribution < -0.4 is 10.5 Å². The second-order valence-corrected chi connectivity index (χ2v) is 2.23. The maximum atomic E-state index is 10.6. The van der Waals surface area contributed by atoms with Gasteiger partial charge in [-0.1, -0.05) is 6.07 Å². The molecule has 0 atom stereocenters. The molecule has 0 aliphatic rings. The van der Waals surface area contributed by atoms with E-state index in [1.807, 2.05) is 0 Å². The van der Waals surface area contributed by atoms with Crippen molar-refractivity contribution in [2.75, 3.05) is 12.8 Å². The second-order valence-electron chi connectivity index (χ2n) is 2.23. The van der Waals surface area contributed by atoms with Crippen LogP contribution in [-0.2, 0) is 0 Å². The summed E-state index contributed by atoms with van der Waals surface area (Å²) in [4.78, 5) is 10.6. The first kappa shape index (κ1) is 8.39. The summed E-state index contributed by atoms with van der Waals surface area (Å²) in [5, 5.41) is 8.69. The fraction of sp³-hybridized carbons (Fsp3) is 0.125. The SMILES string of the molecule is COc1c(N)cccc1C(=O)O. The largest absolute Gasteiger partial charge is 0.494 e. The summed E-state index contributed by atoms with van der Waals surface area (Å²) in [6.45, 7) is 0. The Balaban J connectivity index is 3.27. The van der Waals surface area contributed by atoms with E-state index >= 15 is 0 Å². The summed E-state index contributed by atoms with van der Waals surface area (Å²) in [6, 6.07) is 4.60. The van der Waals surface area contributed by atoms with Crippen LogP contribution in [-0.4, -0.2) is 18.2 Å². The molecule has 0 aliphatic heterocycles. The molecule has 0 radical (unpaired) electrons. The molecule has 1 aromatic carbocycles. The standard InChI is InChI=1S/C8H9NO3/c1-12-7-5(8(10)11)3-2-4-6(7)9/h2-4H,9H2,1H3,(H,10,11). The first-order chi connectivity index (χ1) is 5.66. The van der Waals surface area contributed by atoms with Crippen LogP contribution in [0, 0.1) is 0 Å². The Morgan fingerprint density at radius 1 is 1.58 bits per heavy atom. The van der Waals surface area contributed by atoms with Gasteiger partial charge in [0, 0.05) is 0 Å². The molecule has 4 nitrogen and oxygen atoms in total. The van der Waals surface area contributed by atoms with Crippen molar-refractivity contribution in [3.05, 3.63) is 23.8 Å². The predicted molar refractivity (Wildman–Crippen MR) is 44.4 cm³/mol. The van der Waals surface area contributed by atoms with Gasteiger partial charge in [0.1, 0.15) is 5.56 Å². The zero-order chi connectivity index (χ0) is 9.14. The molecule has 0 spiro atoms. The van der Waals surface area contributed by atoms with Crippen molar-refractivity contribution in [2.24, 2.45) is 0 Å². The fourth-order valence-electron chi connectivity index (χ4n) is 0.951. The van der Waals surface area contributed by atoms with Crippen molar-refractivity contribution in [3.63, 3.8) is 0 Å². The first-order valence-electron chi connectivity index (χ1n) is 3.32. The summed E-state index contributed by atoms with van der Waals surface area (Å²) >= 11 is 0. The maximum absolute atomic E-state index is 10.6. The lowest BCUT2D eigenvalue weighted by Crippen LogP contribution is -2.02. The minimum absolute atomic E-state index is 0.0810. The lowest BCUT2D eigenvalue weighted by Gasteiger charge is -2.06. The summed E-state index contributed by atoms with van der Waals surface area (Å²) in [6.07, 6.45) is 0. The normalized spacial score (nSPS) is 9.42. The van der Waals surface area contributed by atoms with Gasteiger partial charge in [-0.05, 0) is 12.1 Å². The Bertz CT molecular complexity index is 309. The van der Waals surface area contributed by atoms with Gasteiger partial charge in [0.2, 0.25) is 0 Å². The number of anilines is 1. The Morgan fingerprint density at radius 3 is 2.67 bits per heavy atom. The Kier molecular flexibility index (Phi) is 2.19. The van der Waals surface area contributed by atoms with Crippen LogP contribution in [0.25, 0.3) is 0 Å². The summed E-state index contributed by atoms with van der Waals surface area (Å²) in [5.74, 6) is -0.829. The molecule has 1 rings (SSSR count). The third kappa shape index (κ3) is 1.32. The molecular weight excluding hydrogens is 158 g/mol. The van der Waals surface area contributed by atoms with Crippen LogP contribution in [0.4, 0.5) is 5.69 Å². The van der Waals surface area contributed by atoms with Crippen molar-refractivity contribution in [3.8, 4) is 5.75 Å². The highest BCUT2D eigenvalue weighted by Gasteiger charge is 2.11. The molecule has 0 unspecified atom stereocenters. The number of nitrogens with two attached hydrogens (primary N) is 1. The number of hydrogen-bond acceptors (Lipinski definition) is 3. The summed E-state index contributed by atoms with van der Waals surface area (Å²) in [7, 11) is 1.39. The quantitative estimate of drug-likeness (QED) is 0.644. The lowest BCUT2D eigenvalue weighted by molar-refractivity contribution is 0.0693. The van der Waals surface area contributed by atoms with Gasteiger partial charge < -0.3 is 15.6 Å². The molecular formula is C8H9NO3. The van der Waals surface area contributed by atoms with E-state index < -0.39 is 5.97 Å². The number of carboxylic acids is 1. The Labute approximate surface area is 69.6 Å². The van der Waals surface area contributed by atoms with Crippen LogP contribution in [0.2, 0.25) is 0 Å². The van der Waals surface area contributed by atoms with Gasteiger partial charge in [-0.15, -0.1) is 0 Å². The molecule has 64 valence electrons. The number of carboxylic acid groups (broad SMARTS) is 1. The molecule has 0 heterocycles. The number of hydrogen-bond donors (Lipinski definition) is 2. The van der Waals surface area contributed by atoms with Gasteiger partial charge in [0.15, 0.2) is 5.75 Å². The number of methoxy groups -OCH3 is 1. The average molecular weight is 167 g/mol. The number of aromatic carboxylic acids is 1. The van der Waals surface area contributed by atoms with Gasteiger partial charge in [0.25, 0.3) is 0 Å². The van der Waals surface area contributed by atoms with E-state index in [4.69, 9.17) is 15.6 Å². The molecule has 0 fully saturated rings. The first-order valence-corrected chi connectivity index (χ1v) is 3.32. The molecule has 0 saturated carbocycles. The molecule has 12 heavy (non-hydrogen) atoms. The van der Waals surface area contributed by atoms with Crippen molar-refractivity contribution < 1.29 is 14.6 Å². The molecule has 0 aromatic heterocycles. The molecule has 0 bridgehead atoms. The third-order valence-corrected chi connectivity index (χ3v) is 1.48. The molecule has 0 saturated heterocycles. The van der Waals surface area contributed by atoms with Gasteiger partial charge in [0.05, 0.1) is 12.8 Å². The van der Waals surface area contributed by atoms with E-state index in [2.05, 4.69) is 0 Å². The van der Waals surface area contributed by atoms with Crippen LogP contribution in [0.1, 0.15) is 10.4 Å². The predicted octanol–water partition coefficient (Wildman–Crippen LogP) is 0.976. The number of ether oxygens (including phenoxy) is 1. The topological polar surface area (TPSA) is 72.5 Å². The molecule has 1 aromatic rings. The molecule has 0 amide bonds. The second kappa shape index (κ2) is 3.13.